The molecule has 1 unspecified atom stereocenters. The highest BCUT2D eigenvalue weighted by Crippen LogP contribution is 2.33. The second-order valence-electron chi connectivity index (χ2n) is 3.61. The van der Waals surface area contributed by atoms with Gasteiger partial charge in [0.05, 0.1) is 17.2 Å². The number of nitrogens with zero attached hydrogens (tertiary/aromatic N) is 2. The molecular weight excluding hydrogens is 252 g/mol. The Bertz CT molecular complexity index is 390. The van der Waals surface area contributed by atoms with Gasteiger partial charge in [-0.3, -0.25) is 4.79 Å². The van der Waals surface area contributed by atoms with Gasteiger partial charge in [0.25, 0.3) is 0 Å². The van der Waals surface area contributed by atoms with E-state index in [9.17, 15) is 4.79 Å². The van der Waals surface area contributed by atoms with Crippen LogP contribution in [0, 0.1) is 5.41 Å². The van der Waals surface area contributed by atoms with E-state index in [0.717, 1.165) is 4.47 Å². The largest absolute Gasteiger partial charge is 0.481 e. The standard InChI is InChI=1S/C8H9BrN2O3/c1-8(7(12)13)3-11-6(14-4-8)5(9)2-10-11/h2H,3-4H2,1H3,(H,12,13). The van der Waals surface area contributed by atoms with Crippen molar-refractivity contribution in [3.8, 4) is 5.88 Å². The highest BCUT2D eigenvalue weighted by molar-refractivity contribution is 9.10. The van der Waals surface area contributed by atoms with Crippen molar-refractivity contribution in [2.75, 3.05) is 6.61 Å². The molecule has 6 heteroatoms. The van der Waals surface area contributed by atoms with Gasteiger partial charge in [-0.05, 0) is 22.9 Å². The number of rotatable bonds is 1. The van der Waals surface area contributed by atoms with Gasteiger partial charge in [0.2, 0.25) is 5.88 Å². The minimum absolute atomic E-state index is 0.173. The fraction of sp³-hybridized carbons (Fsp3) is 0.500. The Balaban J connectivity index is 2.34. The first-order valence-electron chi connectivity index (χ1n) is 4.10. The smallest absolute Gasteiger partial charge is 0.314 e. The van der Waals surface area contributed by atoms with Crippen molar-refractivity contribution in [2.45, 2.75) is 13.5 Å². The van der Waals surface area contributed by atoms with E-state index < -0.39 is 11.4 Å². The molecule has 2 heterocycles. The van der Waals surface area contributed by atoms with Crippen LogP contribution in [0.2, 0.25) is 0 Å². The van der Waals surface area contributed by atoms with E-state index in [2.05, 4.69) is 21.0 Å². The van der Waals surface area contributed by atoms with Crippen LogP contribution in [0.5, 0.6) is 5.88 Å². The van der Waals surface area contributed by atoms with E-state index in [4.69, 9.17) is 9.84 Å². The maximum atomic E-state index is 11.0. The normalized spacial score (nSPS) is 25.3. The molecule has 0 saturated heterocycles. The van der Waals surface area contributed by atoms with Gasteiger partial charge in [-0.15, -0.1) is 0 Å². The molecule has 0 aromatic carbocycles. The fourth-order valence-electron chi connectivity index (χ4n) is 1.34. The first-order valence-corrected chi connectivity index (χ1v) is 4.90. The Kier molecular flexibility index (Phi) is 2.02. The molecule has 0 bridgehead atoms. The van der Waals surface area contributed by atoms with Crippen molar-refractivity contribution in [3.63, 3.8) is 0 Å². The van der Waals surface area contributed by atoms with Crippen LogP contribution in [0.3, 0.4) is 0 Å². The molecule has 0 amide bonds. The number of hydrogen-bond acceptors (Lipinski definition) is 3. The lowest BCUT2D eigenvalue weighted by atomic mass is 9.91. The van der Waals surface area contributed by atoms with Crippen LogP contribution in [0.25, 0.3) is 0 Å². The topological polar surface area (TPSA) is 64.3 Å². The number of carbonyl (C=O) groups is 1. The van der Waals surface area contributed by atoms with E-state index in [1.54, 1.807) is 17.8 Å². The molecule has 5 nitrogen and oxygen atoms in total. The van der Waals surface area contributed by atoms with Gasteiger partial charge < -0.3 is 9.84 Å². The second-order valence-corrected chi connectivity index (χ2v) is 4.46. The molecule has 0 spiro atoms. The van der Waals surface area contributed by atoms with E-state index in [-0.39, 0.29) is 6.61 Å². The van der Waals surface area contributed by atoms with Gasteiger partial charge >= 0.3 is 5.97 Å². The molecule has 0 fully saturated rings. The third-order valence-corrected chi connectivity index (χ3v) is 2.84. The quantitative estimate of drug-likeness (QED) is 0.823. The summed E-state index contributed by atoms with van der Waals surface area (Å²) < 4.78 is 7.66. The first kappa shape index (κ1) is 9.51. The number of ether oxygens (including phenoxy) is 1. The molecular formula is C8H9BrN2O3. The molecule has 0 aliphatic carbocycles. The van der Waals surface area contributed by atoms with Crippen LogP contribution >= 0.6 is 15.9 Å². The zero-order valence-corrected chi connectivity index (χ0v) is 9.11. The minimum atomic E-state index is -0.890. The second kappa shape index (κ2) is 2.98. The summed E-state index contributed by atoms with van der Waals surface area (Å²) in [7, 11) is 0. The molecule has 1 atom stereocenters. The number of carboxylic acid groups (broad SMARTS) is 1. The van der Waals surface area contributed by atoms with Crippen LogP contribution in [0.1, 0.15) is 6.92 Å². The maximum absolute atomic E-state index is 11.0. The average Bonchev–Trinajstić information content (AvgIpc) is 2.47. The third-order valence-electron chi connectivity index (χ3n) is 2.29. The lowest BCUT2D eigenvalue weighted by molar-refractivity contribution is -0.152. The first-order chi connectivity index (χ1) is 6.53. The minimum Gasteiger partial charge on any atom is -0.481 e. The zero-order valence-electron chi connectivity index (χ0n) is 7.53. The number of aliphatic carboxylic acids is 1. The molecule has 1 aliphatic rings. The summed E-state index contributed by atoms with van der Waals surface area (Å²) in [6.45, 7) is 2.16. The zero-order chi connectivity index (χ0) is 10.3. The van der Waals surface area contributed by atoms with Crippen molar-refractivity contribution in [2.24, 2.45) is 5.41 Å². The Morgan fingerprint density at radius 2 is 2.57 bits per heavy atom. The summed E-state index contributed by atoms with van der Waals surface area (Å²) in [6.07, 6.45) is 1.60. The van der Waals surface area contributed by atoms with Crippen LogP contribution in [-0.2, 0) is 11.3 Å². The van der Waals surface area contributed by atoms with E-state index in [1.807, 2.05) is 0 Å². The van der Waals surface area contributed by atoms with Crippen LogP contribution in [0.4, 0.5) is 0 Å². The number of carboxylic acids is 1. The van der Waals surface area contributed by atoms with Crippen LogP contribution in [-0.4, -0.2) is 27.5 Å². The molecule has 1 aliphatic heterocycles. The molecule has 1 aromatic rings. The highest BCUT2D eigenvalue weighted by atomic mass is 79.9. The lowest BCUT2D eigenvalue weighted by Gasteiger charge is -2.29. The number of halogens is 1. The van der Waals surface area contributed by atoms with Crippen molar-refractivity contribution in [1.29, 1.82) is 0 Å². The van der Waals surface area contributed by atoms with Gasteiger partial charge in [0.1, 0.15) is 12.0 Å². The van der Waals surface area contributed by atoms with Crippen molar-refractivity contribution in [3.05, 3.63) is 10.7 Å². The van der Waals surface area contributed by atoms with Gasteiger partial charge in [0.15, 0.2) is 0 Å². The summed E-state index contributed by atoms with van der Waals surface area (Å²) in [4.78, 5) is 11.0. The summed E-state index contributed by atoms with van der Waals surface area (Å²) >= 11 is 3.27. The van der Waals surface area contributed by atoms with Crippen LogP contribution in [0.15, 0.2) is 10.7 Å². The predicted molar refractivity (Wildman–Crippen MR) is 51.2 cm³/mol. The van der Waals surface area contributed by atoms with Crippen molar-refractivity contribution in [1.82, 2.24) is 9.78 Å². The molecule has 1 N–H and O–H groups in total. The number of aromatic nitrogens is 2. The van der Waals surface area contributed by atoms with Gasteiger partial charge in [-0.25, -0.2) is 4.68 Å². The fourth-order valence-corrected chi connectivity index (χ4v) is 1.75. The maximum Gasteiger partial charge on any atom is 0.314 e. The third kappa shape index (κ3) is 1.30. The average molecular weight is 261 g/mol. The predicted octanol–water partition coefficient (Wildman–Crippen LogP) is 1.13. The SMILES string of the molecule is CC1(C(=O)O)COc2c(Br)cnn2C1. The van der Waals surface area contributed by atoms with Crippen molar-refractivity contribution < 1.29 is 14.6 Å². The Morgan fingerprint density at radius 3 is 3.21 bits per heavy atom. The monoisotopic (exact) mass is 260 g/mol. The Morgan fingerprint density at radius 1 is 1.86 bits per heavy atom. The Hall–Kier alpha value is -1.04. The summed E-state index contributed by atoms with van der Waals surface area (Å²) in [5.74, 6) is -0.265. The van der Waals surface area contributed by atoms with E-state index in [0.29, 0.717) is 12.4 Å². The van der Waals surface area contributed by atoms with E-state index >= 15 is 0 Å². The summed E-state index contributed by atoms with van der Waals surface area (Å²) in [6, 6.07) is 0. The molecule has 0 radical (unpaired) electrons. The van der Waals surface area contributed by atoms with Gasteiger partial charge in [0, 0.05) is 0 Å². The molecule has 14 heavy (non-hydrogen) atoms. The lowest BCUT2D eigenvalue weighted by Crippen LogP contribution is -2.42. The molecule has 76 valence electrons. The molecule has 1 aromatic heterocycles. The van der Waals surface area contributed by atoms with Crippen molar-refractivity contribution >= 4 is 21.9 Å². The molecule has 0 saturated carbocycles. The van der Waals surface area contributed by atoms with Gasteiger partial charge in [-0.2, -0.15) is 5.10 Å². The van der Waals surface area contributed by atoms with Gasteiger partial charge in [-0.1, -0.05) is 0 Å². The molecule has 2 rings (SSSR count). The Labute approximate surface area is 88.8 Å². The summed E-state index contributed by atoms with van der Waals surface area (Å²) in [5, 5.41) is 13.0. The highest BCUT2D eigenvalue weighted by Gasteiger charge is 2.39. The van der Waals surface area contributed by atoms with E-state index in [1.165, 1.54) is 0 Å². The number of fused-ring (bicyclic) bond motifs is 1. The summed E-state index contributed by atoms with van der Waals surface area (Å²) in [5.41, 5.74) is -0.890. The van der Waals surface area contributed by atoms with Crippen LogP contribution < -0.4 is 4.74 Å². The number of hydrogen-bond donors (Lipinski definition) is 1.